The second-order valence-electron chi connectivity index (χ2n) is 5.15. The lowest BCUT2D eigenvalue weighted by Gasteiger charge is -2.05. The molecule has 0 spiro atoms. The van der Waals surface area contributed by atoms with Crippen LogP contribution in [0.5, 0.6) is 0 Å². The van der Waals surface area contributed by atoms with Crippen LogP contribution in [0.3, 0.4) is 0 Å². The standard InChI is InChI=1S/C17H15BrN2O2S2/c1-2-12-3-5-13(6-4-12)16-11-23-17(19-16)20-24(21,22)15-9-7-14(18)8-10-15/h3-11H,2H2,1H3,(H,19,20). The third-order valence-corrected chi connectivity index (χ3v) is 6.28. The van der Waals surface area contributed by atoms with Crippen LogP contribution in [0.25, 0.3) is 11.3 Å². The van der Waals surface area contributed by atoms with Gasteiger partial charge in [-0.15, -0.1) is 11.3 Å². The molecule has 0 fully saturated rings. The lowest BCUT2D eigenvalue weighted by atomic mass is 10.1. The molecule has 7 heteroatoms. The average Bonchev–Trinajstić information content (AvgIpc) is 3.03. The van der Waals surface area contributed by atoms with Gasteiger partial charge < -0.3 is 0 Å². The van der Waals surface area contributed by atoms with Crippen molar-refractivity contribution in [3.63, 3.8) is 0 Å². The number of hydrogen-bond donors (Lipinski definition) is 1. The molecule has 1 N–H and O–H groups in total. The van der Waals surface area contributed by atoms with Gasteiger partial charge >= 0.3 is 0 Å². The molecular formula is C17H15BrN2O2S2. The number of nitrogens with one attached hydrogen (secondary N) is 1. The van der Waals surface area contributed by atoms with Crippen LogP contribution in [0.1, 0.15) is 12.5 Å². The molecule has 1 heterocycles. The minimum absolute atomic E-state index is 0.203. The number of hydrogen-bond acceptors (Lipinski definition) is 4. The van der Waals surface area contributed by atoms with E-state index in [1.165, 1.54) is 16.9 Å². The summed E-state index contributed by atoms with van der Waals surface area (Å²) in [4.78, 5) is 4.59. The minimum atomic E-state index is -3.63. The van der Waals surface area contributed by atoms with Gasteiger partial charge in [0.15, 0.2) is 5.13 Å². The van der Waals surface area contributed by atoms with E-state index in [2.05, 4.69) is 44.7 Å². The fourth-order valence-corrected chi connectivity index (χ4v) is 4.39. The molecule has 3 aromatic rings. The van der Waals surface area contributed by atoms with Gasteiger partial charge in [-0.05, 0) is 36.2 Å². The van der Waals surface area contributed by atoms with E-state index in [9.17, 15) is 8.42 Å². The second-order valence-corrected chi connectivity index (χ2v) is 8.60. The van der Waals surface area contributed by atoms with E-state index < -0.39 is 10.0 Å². The van der Waals surface area contributed by atoms with E-state index >= 15 is 0 Å². The Bertz CT molecular complexity index is 933. The summed E-state index contributed by atoms with van der Waals surface area (Å²) < 4.78 is 28.1. The van der Waals surface area contributed by atoms with Crippen molar-refractivity contribution in [3.05, 3.63) is 63.9 Å². The average molecular weight is 423 g/mol. The van der Waals surface area contributed by atoms with Gasteiger partial charge in [-0.25, -0.2) is 13.4 Å². The zero-order valence-electron chi connectivity index (χ0n) is 12.9. The van der Waals surface area contributed by atoms with Crippen LogP contribution in [-0.2, 0) is 16.4 Å². The van der Waals surface area contributed by atoms with E-state index in [1.54, 1.807) is 24.3 Å². The summed E-state index contributed by atoms with van der Waals surface area (Å²) >= 11 is 4.56. The molecule has 0 radical (unpaired) electrons. The van der Waals surface area contributed by atoms with Gasteiger partial charge in [0.1, 0.15) is 0 Å². The van der Waals surface area contributed by atoms with E-state index in [4.69, 9.17) is 0 Å². The number of aryl methyl sites for hydroxylation is 1. The minimum Gasteiger partial charge on any atom is -0.255 e. The molecule has 0 aliphatic rings. The van der Waals surface area contributed by atoms with Crippen molar-refractivity contribution in [1.82, 2.24) is 4.98 Å². The quantitative estimate of drug-likeness (QED) is 0.633. The van der Waals surface area contributed by atoms with Crippen LogP contribution in [0.2, 0.25) is 0 Å². The summed E-state index contributed by atoms with van der Waals surface area (Å²) in [5.41, 5.74) is 2.99. The highest BCUT2D eigenvalue weighted by atomic mass is 79.9. The summed E-state index contributed by atoms with van der Waals surface area (Å²) in [6, 6.07) is 14.6. The van der Waals surface area contributed by atoms with Gasteiger partial charge in [-0.2, -0.15) is 0 Å². The normalized spacial score (nSPS) is 11.4. The SMILES string of the molecule is CCc1ccc(-c2csc(NS(=O)(=O)c3ccc(Br)cc3)n2)cc1. The molecule has 1 aromatic heterocycles. The summed E-state index contributed by atoms with van der Waals surface area (Å²) in [7, 11) is -3.63. The number of thiazole rings is 1. The first-order valence-corrected chi connectivity index (χ1v) is 10.5. The molecule has 124 valence electrons. The van der Waals surface area contributed by atoms with Crippen LogP contribution in [0.15, 0.2) is 63.3 Å². The van der Waals surface area contributed by atoms with Gasteiger partial charge in [0.25, 0.3) is 10.0 Å². The number of rotatable bonds is 5. The van der Waals surface area contributed by atoms with Crippen LogP contribution >= 0.6 is 27.3 Å². The Labute approximate surface area is 153 Å². The Morgan fingerprint density at radius 1 is 1.08 bits per heavy atom. The van der Waals surface area contributed by atoms with Crippen molar-refractivity contribution in [1.29, 1.82) is 0 Å². The maximum atomic E-state index is 12.4. The van der Waals surface area contributed by atoms with Gasteiger partial charge in [-0.1, -0.05) is 47.1 Å². The number of benzene rings is 2. The Hall–Kier alpha value is -1.70. The van der Waals surface area contributed by atoms with E-state index in [0.29, 0.717) is 5.13 Å². The highest BCUT2D eigenvalue weighted by Crippen LogP contribution is 2.27. The Morgan fingerprint density at radius 2 is 1.75 bits per heavy atom. The molecule has 0 atom stereocenters. The van der Waals surface area contributed by atoms with E-state index in [1.807, 2.05) is 17.5 Å². The molecule has 0 saturated heterocycles. The predicted molar refractivity (Wildman–Crippen MR) is 102 cm³/mol. The monoisotopic (exact) mass is 422 g/mol. The molecular weight excluding hydrogens is 408 g/mol. The van der Waals surface area contributed by atoms with Gasteiger partial charge in [0.2, 0.25) is 0 Å². The van der Waals surface area contributed by atoms with Crippen molar-refractivity contribution in [3.8, 4) is 11.3 Å². The lowest BCUT2D eigenvalue weighted by Crippen LogP contribution is -2.12. The first kappa shape index (κ1) is 17.1. The number of halogens is 1. The fraction of sp³-hybridized carbons (Fsp3) is 0.118. The van der Waals surface area contributed by atoms with Gasteiger partial charge in [0, 0.05) is 15.4 Å². The number of anilines is 1. The number of sulfonamides is 1. The molecule has 3 rings (SSSR count). The summed E-state index contributed by atoms with van der Waals surface area (Å²) in [6.07, 6.45) is 0.982. The summed E-state index contributed by atoms with van der Waals surface area (Å²) in [5.74, 6) is 0. The largest absolute Gasteiger partial charge is 0.263 e. The summed E-state index contributed by atoms with van der Waals surface area (Å²) in [6.45, 7) is 2.10. The zero-order chi connectivity index (χ0) is 17.2. The maximum Gasteiger partial charge on any atom is 0.263 e. The molecule has 0 aliphatic heterocycles. The third-order valence-electron chi connectivity index (χ3n) is 3.51. The van der Waals surface area contributed by atoms with Crippen LogP contribution < -0.4 is 4.72 Å². The van der Waals surface area contributed by atoms with E-state index in [-0.39, 0.29) is 4.90 Å². The molecule has 0 amide bonds. The highest BCUT2D eigenvalue weighted by Gasteiger charge is 2.16. The number of nitrogens with zero attached hydrogens (tertiary/aromatic N) is 1. The third kappa shape index (κ3) is 3.85. The Balaban J connectivity index is 1.81. The van der Waals surface area contributed by atoms with Crippen molar-refractivity contribution in [2.75, 3.05) is 4.72 Å². The number of aromatic nitrogens is 1. The van der Waals surface area contributed by atoms with Crippen molar-refractivity contribution < 1.29 is 8.42 Å². The van der Waals surface area contributed by atoms with Gasteiger partial charge in [-0.3, -0.25) is 4.72 Å². The maximum absolute atomic E-state index is 12.4. The van der Waals surface area contributed by atoms with E-state index in [0.717, 1.165) is 22.2 Å². The molecule has 0 aliphatic carbocycles. The molecule has 2 aromatic carbocycles. The fourth-order valence-electron chi connectivity index (χ4n) is 2.15. The van der Waals surface area contributed by atoms with Crippen molar-refractivity contribution >= 4 is 42.4 Å². The smallest absolute Gasteiger partial charge is 0.255 e. The Kier molecular flexibility index (Phi) is 5.03. The van der Waals surface area contributed by atoms with Crippen LogP contribution in [0.4, 0.5) is 5.13 Å². The Morgan fingerprint density at radius 3 is 2.38 bits per heavy atom. The lowest BCUT2D eigenvalue weighted by molar-refractivity contribution is 0.601. The molecule has 4 nitrogen and oxygen atoms in total. The first-order chi connectivity index (χ1) is 11.5. The predicted octanol–water partition coefficient (Wildman–Crippen LogP) is 4.94. The summed E-state index contributed by atoms with van der Waals surface area (Å²) in [5, 5.41) is 2.20. The first-order valence-electron chi connectivity index (χ1n) is 7.31. The topological polar surface area (TPSA) is 59.1 Å². The van der Waals surface area contributed by atoms with Gasteiger partial charge in [0.05, 0.1) is 10.6 Å². The highest BCUT2D eigenvalue weighted by molar-refractivity contribution is 9.10. The van der Waals surface area contributed by atoms with Crippen LogP contribution in [-0.4, -0.2) is 13.4 Å². The molecule has 24 heavy (non-hydrogen) atoms. The second kappa shape index (κ2) is 7.04. The zero-order valence-corrected chi connectivity index (χ0v) is 16.1. The van der Waals surface area contributed by atoms with Crippen molar-refractivity contribution in [2.24, 2.45) is 0 Å². The van der Waals surface area contributed by atoms with Crippen LogP contribution in [0, 0.1) is 0 Å². The molecule has 0 saturated carbocycles. The van der Waals surface area contributed by atoms with Crippen molar-refractivity contribution in [2.45, 2.75) is 18.2 Å². The molecule has 0 unspecified atom stereocenters. The molecule has 0 bridgehead atoms.